The quantitative estimate of drug-likeness (QED) is 0.625. The fourth-order valence-corrected chi connectivity index (χ4v) is 3.40. The van der Waals surface area contributed by atoms with Crippen molar-refractivity contribution in [1.29, 1.82) is 0 Å². The molecule has 0 saturated carbocycles. The van der Waals surface area contributed by atoms with Crippen molar-refractivity contribution in [3.63, 3.8) is 0 Å². The van der Waals surface area contributed by atoms with Crippen molar-refractivity contribution in [3.8, 4) is 5.75 Å². The van der Waals surface area contributed by atoms with Crippen molar-refractivity contribution in [2.75, 3.05) is 20.5 Å². The van der Waals surface area contributed by atoms with E-state index in [9.17, 15) is 22.8 Å². The van der Waals surface area contributed by atoms with Gasteiger partial charge < -0.3 is 14.8 Å². The highest BCUT2D eigenvalue weighted by molar-refractivity contribution is 7.99. The van der Waals surface area contributed by atoms with Gasteiger partial charge >= 0.3 is 12.1 Å². The number of methoxy groups -OCH3 is 2. The Morgan fingerprint density at radius 3 is 2.23 bits per heavy atom. The largest absolute Gasteiger partial charge is 0.496 e. The normalized spacial score (nSPS) is 12.2. The minimum absolute atomic E-state index is 0.0555. The summed E-state index contributed by atoms with van der Waals surface area (Å²) in [6, 6.07) is 9.60. The standard InChI is InChI=1S/C21H22F3NO4S/c1-28-17-9-6-14(11-18(30-3)20(27)29-2)10-16(17)19(26)25-12-13-4-7-15(8-5-13)21(22,23)24/h4-10,18H,11-12H2,1-3H3,(H,25,26). The van der Waals surface area contributed by atoms with E-state index in [-0.39, 0.29) is 18.1 Å². The lowest BCUT2D eigenvalue weighted by atomic mass is 10.0. The fraction of sp³-hybridized carbons (Fsp3) is 0.333. The van der Waals surface area contributed by atoms with Gasteiger partial charge in [0.2, 0.25) is 0 Å². The van der Waals surface area contributed by atoms with Crippen LogP contribution in [0.4, 0.5) is 13.2 Å². The SMILES string of the molecule is COC(=O)C(Cc1ccc(OC)c(C(=O)NCc2ccc(C(F)(F)F)cc2)c1)SC. The van der Waals surface area contributed by atoms with Gasteiger partial charge in [-0.25, -0.2) is 0 Å². The van der Waals surface area contributed by atoms with Crippen LogP contribution in [-0.2, 0) is 28.7 Å². The molecule has 0 spiro atoms. The molecule has 0 radical (unpaired) electrons. The van der Waals surface area contributed by atoms with Crippen LogP contribution in [0.3, 0.4) is 0 Å². The van der Waals surface area contributed by atoms with E-state index in [1.165, 1.54) is 38.1 Å². The van der Waals surface area contributed by atoms with Gasteiger partial charge in [0.05, 0.1) is 25.3 Å². The number of benzene rings is 2. The molecule has 0 aliphatic carbocycles. The highest BCUT2D eigenvalue weighted by Gasteiger charge is 2.30. The summed E-state index contributed by atoms with van der Waals surface area (Å²) in [4.78, 5) is 24.5. The Labute approximate surface area is 176 Å². The number of carbonyl (C=O) groups is 2. The van der Waals surface area contributed by atoms with Gasteiger partial charge in [0.15, 0.2) is 0 Å². The molecule has 9 heteroatoms. The van der Waals surface area contributed by atoms with Crippen molar-refractivity contribution >= 4 is 23.6 Å². The number of carbonyl (C=O) groups excluding carboxylic acids is 2. The first kappa shape index (κ1) is 23.6. The third-order valence-electron chi connectivity index (χ3n) is 4.41. The number of hydrogen-bond donors (Lipinski definition) is 1. The number of halogens is 3. The minimum atomic E-state index is -4.41. The van der Waals surface area contributed by atoms with Crippen molar-refractivity contribution in [1.82, 2.24) is 5.32 Å². The maximum atomic E-state index is 12.7. The molecule has 5 nitrogen and oxygen atoms in total. The minimum Gasteiger partial charge on any atom is -0.496 e. The van der Waals surface area contributed by atoms with E-state index in [1.54, 1.807) is 24.5 Å². The lowest BCUT2D eigenvalue weighted by Gasteiger charge is -2.15. The van der Waals surface area contributed by atoms with E-state index in [0.29, 0.717) is 17.7 Å². The van der Waals surface area contributed by atoms with Gasteiger partial charge in [0, 0.05) is 6.54 Å². The van der Waals surface area contributed by atoms with Crippen LogP contribution < -0.4 is 10.1 Å². The highest BCUT2D eigenvalue weighted by Crippen LogP contribution is 2.29. The van der Waals surface area contributed by atoms with Gasteiger partial charge in [-0.3, -0.25) is 9.59 Å². The Balaban J connectivity index is 2.12. The molecule has 30 heavy (non-hydrogen) atoms. The Morgan fingerprint density at radius 2 is 1.70 bits per heavy atom. The highest BCUT2D eigenvalue weighted by atomic mass is 32.2. The Kier molecular flexibility index (Phi) is 8.16. The smallest absolute Gasteiger partial charge is 0.416 e. The molecule has 1 unspecified atom stereocenters. The number of thioether (sulfide) groups is 1. The van der Waals surface area contributed by atoms with Crippen LogP contribution in [0.25, 0.3) is 0 Å². The number of alkyl halides is 3. The van der Waals surface area contributed by atoms with Crippen LogP contribution in [0.5, 0.6) is 5.75 Å². The predicted molar refractivity (Wildman–Crippen MR) is 109 cm³/mol. The summed E-state index contributed by atoms with van der Waals surface area (Å²) in [5.41, 5.74) is 0.798. The molecule has 2 rings (SSSR count). The molecule has 0 heterocycles. The molecule has 0 saturated heterocycles. The summed E-state index contributed by atoms with van der Waals surface area (Å²) >= 11 is 1.35. The zero-order chi connectivity index (χ0) is 22.3. The topological polar surface area (TPSA) is 64.6 Å². The van der Waals surface area contributed by atoms with Gasteiger partial charge in [0.25, 0.3) is 5.91 Å². The average Bonchev–Trinajstić information content (AvgIpc) is 2.74. The van der Waals surface area contributed by atoms with E-state index in [2.05, 4.69) is 5.32 Å². The predicted octanol–water partition coefficient (Wildman–Crippen LogP) is 4.09. The summed E-state index contributed by atoms with van der Waals surface area (Å²) in [5.74, 6) is -0.443. The first-order valence-corrected chi connectivity index (χ1v) is 10.2. The Morgan fingerprint density at radius 1 is 1.07 bits per heavy atom. The van der Waals surface area contributed by atoms with Gasteiger partial charge in [-0.15, -0.1) is 11.8 Å². The van der Waals surface area contributed by atoms with E-state index in [4.69, 9.17) is 9.47 Å². The molecule has 0 aromatic heterocycles. The summed E-state index contributed by atoms with van der Waals surface area (Å²) in [6.45, 7) is 0.0555. The molecular formula is C21H22F3NO4S. The Bertz CT molecular complexity index is 885. The number of rotatable bonds is 8. The van der Waals surface area contributed by atoms with Gasteiger partial charge in [-0.1, -0.05) is 18.2 Å². The molecule has 0 fully saturated rings. The zero-order valence-electron chi connectivity index (χ0n) is 16.7. The maximum Gasteiger partial charge on any atom is 0.416 e. The molecule has 0 aliphatic rings. The van der Waals surface area contributed by atoms with E-state index in [0.717, 1.165) is 17.7 Å². The lowest BCUT2D eigenvalue weighted by Crippen LogP contribution is -2.24. The fourth-order valence-electron chi connectivity index (χ4n) is 2.76. The van der Waals surface area contributed by atoms with E-state index < -0.39 is 22.9 Å². The van der Waals surface area contributed by atoms with Crippen molar-refractivity contribution in [3.05, 3.63) is 64.7 Å². The molecule has 0 bridgehead atoms. The molecule has 0 aliphatic heterocycles. The summed E-state index contributed by atoms with van der Waals surface area (Å²) in [6.07, 6.45) is -2.24. The van der Waals surface area contributed by atoms with Crippen LogP contribution >= 0.6 is 11.8 Å². The van der Waals surface area contributed by atoms with Crippen molar-refractivity contribution in [2.45, 2.75) is 24.4 Å². The second kappa shape index (κ2) is 10.4. The first-order valence-electron chi connectivity index (χ1n) is 8.91. The third kappa shape index (κ3) is 6.16. The van der Waals surface area contributed by atoms with Crippen LogP contribution in [-0.4, -0.2) is 37.6 Å². The Hall–Kier alpha value is -2.68. The van der Waals surface area contributed by atoms with Crippen molar-refractivity contribution < 1.29 is 32.2 Å². The summed E-state index contributed by atoms with van der Waals surface area (Å²) in [7, 11) is 2.75. The van der Waals surface area contributed by atoms with Gasteiger partial charge in [-0.05, 0) is 48.1 Å². The first-order chi connectivity index (χ1) is 14.2. The molecule has 1 atom stereocenters. The van der Waals surface area contributed by atoms with E-state index >= 15 is 0 Å². The molecule has 1 N–H and O–H groups in total. The average molecular weight is 441 g/mol. The number of amides is 1. The molecular weight excluding hydrogens is 419 g/mol. The number of esters is 1. The number of hydrogen-bond acceptors (Lipinski definition) is 5. The lowest BCUT2D eigenvalue weighted by molar-refractivity contribution is -0.140. The van der Waals surface area contributed by atoms with Crippen LogP contribution in [0, 0.1) is 0 Å². The second-order valence-corrected chi connectivity index (χ2v) is 7.40. The van der Waals surface area contributed by atoms with Crippen molar-refractivity contribution in [2.24, 2.45) is 0 Å². The number of ether oxygens (including phenoxy) is 2. The zero-order valence-corrected chi connectivity index (χ0v) is 17.5. The summed E-state index contributed by atoms with van der Waals surface area (Å²) in [5, 5.41) is 2.27. The molecule has 2 aromatic rings. The maximum absolute atomic E-state index is 12.7. The third-order valence-corrected chi connectivity index (χ3v) is 5.34. The van der Waals surface area contributed by atoms with Crippen LogP contribution in [0.2, 0.25) is 0 Å². The van der Waals surface area contributed by atoms with Crippen LogP contribution in [0.1, 0.15) is 27.0 Å². The monoisotopic (exact) mass is 441 g/mol. The second-order valence-electron chi connectivity index (χ2n) is 6.36. The number of nitrogens with one attached hydrogen (secondary N) is 1. The van der Waals surface area contributed by atoms with Gasteiger partial charge in [0.1, 0.15) is 11.0 Å². The molecule has 1 amide bonds. The molecule has 2 aromatic carbocycles. The van der Waals surface area contributed by atoms with E-state index in [1.807, 2.05) is 0 Å². The van der Waals surface area contributed by atoms with Gasteiger partial charge in [-0.2, -0.15) is 13.2 Å². The molecule has 162 valence electrons. The van der Waals surface area contributed by atoms with Crippen LogP contribution in [0.15, 0.2) is 42.5 Å². The summed E-state index contributed by atoms with van der Waals surface area (Å²) < 4.78 is 48.0.